The normalized spacial score (nSPS) is 13.6. The molecule has 0 N–H and O–H groups in total. The Balaban J connectivity index is 1.60. The third-order valence-corrected chi connectivity index (χ3v) is 15.8. The molecule has 0 radical (unpaired) electrons. The van der Waals surface area contributed by atoms with E-state index in [2.05, 4.69) is 175 Å². The van der Waals surface area contributed by atoms with Gasteiger partial charge in [0.25, 0.3) is 0 Å². The van der Waals surface area contributed by atoms with E-state index in [1.54, 1.807) is 10.4 Å². The lowest BCUT2D eigenvalue weighted by atomic mass is 9.87. The largest absolute Gasteiger partial charge is 0.180 e. The Labute approximate surface area is 282 Å². The van der Waals surface area contributed by atoms with E-state index < -0.39 is 8.07 Å². The molecule has 0 saturated carbocycles. The molecule has 0 fully saturated rings. The molecule has 0 amide bonds. The molecule has 1 heteroatoms. The van der Waals surface area contributed by atoms with Crippen LogP contribution in [0.3, 0.4) is 0 Å². The number of hydrogen-bond donors (Lipinski definition) is 0. The number of benzene rings is 6. The summed E-state index contributed by atoms with van der Waals surface area (Å²) in [5, 5.41) is 6.14. The summed E-state index contributed by atoms with van der Waals surface area (Å²) < 4.78 is 0. The Hall–Kier alpha value is -4.46. The van der Waals surface area contributed by atoms with Crippen molar-refractivity contribution in [3.63, 3.8) is 0 Å². The van der Waals surface area contributed by atoms with E-state index >= 15 is 0 Å². The maximum atomic E-state index is 2.53. The SMILES string of the molecule is CC(C)(C)c1ccccc1[Si](c1ccccc1C(C)(C)C)(c1cccc2c1Cc1ccccc1-2)c1cccc2c1Cc1ccccc1-2. The highest BCUT2D eigenvalue weighted by atomic mass is 28.3. The molecule has 0 aromatic heterocycles. The van der Waals surface area contributed by atoms with Crippen molar-refractivity contribution in [3.05, 3.63) is 167 Å². The third-order valence-electron chi connectivity index (χ3n) is 10.8. The van der Waals surface area contributed by atoms with E-state index in [-0.39, 0.29) is 10.8 Å². The molecule has 232 valence electrons. The quantitative estimate of drug-likeness (QED) is 0.136. The summed E-state index contributed by atoms with van der Waals surface area (Å²) >= 11 is 0. The molecule has 8 rings (SSSR count). The van der Waals surface area contributed by atoms with Gasteiger partial charge in [-0.1, -0.05) is 175 Å². The summed E-state index contributed by atoms with van der Waals surface area (Å²) in [5.74, 6) is 0. The number of fused-ring (bicyclic) bond motifs is 6. The highest BCUT2D eigenvalue weighted by molar-refractivity contribution is 7.20. The monoisotopic (exact) mass is 624 g/mol. The van der Waals surface area contributed by atoms with Crippen LogP contribution in [0, 0.1) is 0 Å². The number of rotatable bonds is 4. The van der Waals surface area contributed by atoms with E-state index in [1.807, 2.05) is 0 Å². The van der Waals surface area contributed by atoms with Gasteiger partial charge in [-0.3, -0.25) is 0 Å². The van der Waals surface area contributed by atoms with Crippen LogP contribution in [0.15, 0.2) is 133 Å². The van der Waals surface area contributed by atoms with Crippen molar-refractivity contribution >= 4 is 28.8 Å². The van der Waals surface area contributed by atoms with Crippen LogP contribution in [-0.4, -0.2) is 8.07 Å². The van der Waals surface area contributed by atoms with Gasteiger partial charge in [0, 0.05) is 0 Å². The van der Waals surface area contributed by atoms with Gasteiger partial charge in [-0.25, -0.2) is 0 Å². The van der Waals surface area contributed by atoms with Gasteiger partial charge in [0.1, 0.15) is 0 Å². The third kappa shape index (κ3) is 4.54. The first-order valence-corrected chi connectivity index (χ1v) is 19.2. The molecular weight excluding hydrogens is 581 g/mol. The lowest BCUT2D eigenvalue weighted by molar-refractivity contribution is 0.592. The molecule has 0 heterocycles. The summed E-state index contributed by atoms with van der Waals surface area (Å²) in [5.41, 5.74) is 14.4. The Morgan fingerprint density at radius 2 is 0.702 bits per heavy atom. The highest BCUT2D eigenvalue weighted by Crippen LogP contribution is 2.40. The maximum Gasteiger partial charge on any atom is 0.180 e. The van der Waals surface area contributed by atoms with Gasteiger partial charge in [-0.05, 0) is 100 Å². The van der Waals surface area contributed by atoms with Crippen LogP contribution < -0.4 is 20.7 Å². The van der Waals surface area contributed by atoms with Crippen molar-refractivity contribution in [2.24, 2.45) is 0 Å². The average molecular weight is 625 g/mol. The average Bonchev–Trinajstić information content (AvgIpc) is 3.64. The minimum Gasteiger partial charge on any atom is -0.0623 e. The van der Waals surface area contributed by atoms with Crippen LogP contribution in [-0.2, 0) is 23.7 Å². The second-order valence-corrected chi connectivity index (χ2v) is 19.3. The Morgan fingerprint density at radius 1 is 0.362 bits per heavy atom. The van der Waals surface area contributed by atoms with Gasteiger partial charge < -0.3 is 0 Å². The molecular formula is C46H44Si. The highest BCUT2D eigenvalue weighted by Gasteiger charge is 2.50. The van der Waals surface area contributed by atoms with Crippen molar-refractivity contribution < 1.29 is 0 Å². The van der Waals surface area contributed by atoms with Crippen molar-refractivity contribution in [2.75, 3.05) is 0 Å². The van der Waals surface area contributed by atoms with Crippen LogP contribution in [0.4, 0.5) is 0 Å². The van der Waals surface area contributed by atoms with Gasteiger partial charge in [0.15, 0.2) is 8.07 Å². The fraction of sp³-hybridized carbons (Fsp3) is 0.217. The lowest BCUT2D eigenvalue weighted by Gasteiger charge is -2.43. The van der Waals surface area contributed by atoms with E-state index in [4.69, 9.17) is 0 Å². The molecule has 0 aliphatic heterocycles. The topological polar surface area (TPSA) is 0 Å². The zero-order chi connectivity index (χ0) is 32.6. The van der Waals surface area contributed by atoms with E-state index in [0.717, 1.165) is 12.8 Å². The summed E-state index contributed by atoms with van der Waals surface area (Å²) in [7, 11) is -3.00. The summed E-state index contributed by atoms with van der Waals surface area (Å²) in [6.45, 7) is 14.4. The van der Waals surface area contributed by atoms with Crippen molar-refractivity contribution in [2.45, 2.75) is 65.2 Å². The summed E-state index contributed by atoms with van der Waals surface area (Å²) in [6.07, 6.45) is 1.95. The lowest BCUT2D eigenvalue weighted by Crippen LogP contribution is -2.78. The molecule has 0 spiro atoms. The Bertz CT molecular complexity index is 2010. The van der Waals surface area contributed by atoms with Crippen LogP contribution in [0.25, 0.3) is 22.3 Å². The minimum absolute atomic E-state index is 0.0344. The molecule has 47 heavy (non-hydrogen) atoms. The van der Waals surface area contributed by atoms with Gasteiger partial charge in [0.05, 0.1) is 0 Å². The molecule has 6 aromatic rings. The van der Waals surface area contributed by atoms with E-state index in [1.165, 1.54) is 66.0 Å². The molecule has 2 aliphatic rings. The van der Waals surface area contributed by atoms with Crippen LogP contribution >= 0.6 is 0 Å². The minimum atomic E-state index is -3.00. The predicted octanol–water partition coefficient (Wildman–Crippen LogP) is 8.80. The molecule has 6 aromatic carbocycles. The first kappa shape index (κ1) is 29.9. The molecule has 0 saturated heterocycles. The van der Waals surface area contributed by atoms with Crippen molar-refractivity contribution in [3.8, 4) is 22.3 Å². The molecule has 2 aliphatic carbocycles. The van der Waals surface area contributed by atoms with Crippen LogP contribution in [0.1, 0.15) is 74.9 Å². The zero-order valence-electron chi connectivity index (χ0n) is 28.6. The summed E-state index contributed by atoms with van der Waals surface area (Å²) in [6, 6.07) is 51.7. The van der Waals surface area contributed by atoms with Gasteiger partial charge in [0.2, 0.25) is 0 Å². The van der Waals surface area contributed by atoms with Crippen LogP contribution in [0.2, 0.25) is 0 Å². The smallest absolute Gasteiger partial charge is 0.0623 e. The first-order chi connectivity index (χ1) is 22.6. The van der Waals surface area contributed by atoms with Gasteiger partial charge >= 0.3 is 0 Å². The first-order valence-electron chi connectivity index (χ1n) is 17.2. The predicted molar refractivity (Wildman–Crippen MR) is 204 cm³/mol. The maximum absolute atomic E-state index is 3.00. The fourth-order valence-electron chi connectivity index (χ4n) is 8.82. The van der Waals surface area contributed by atoms with Crippen LogP contribution in [0.5, 0.6) is 0 Å². The van der Waals surface area contributed by atoms with Gasteiger partial charge in [-0.15, -0.1) is 0 Å². The Kier molecular flexibility index (Phi) is 6.87. The zero-order valence-corrected chi connectivity index (χ0v) is 29.6. The second-order valence-electron chi connectivity index (χ2n) is 15.7. The standard InChI is InChI=1S/C46H44Si/c1-45(2,3)39-23-11-13-25-43(39)47(44-26-14-12-24-40(44)46(4,5)6,41-27-15-21-35-33-19-9-7-17-31(33)29-37(35)41)42-28-16-22-36-34-20-10-8-18-32(34)30-38(36)42/h7-28H,29-30H2,1-6H3. The molecule has 0 unspecified atom stereocenters. The van der Waals surface area contributed by atoms with Gasteiger partial charge in [-0.2, -0.15) is 0 Å². The van der Waals surface area contributed by atoms with E-state index in [0.29, 0.717) is 0 Å². The number of hydrogen-bond acceptors (Lipinski definition) is 0. The van der Waals surface area contributed by atoms with Crippen molar-refractivity contribution in [1.82, 2.24) is 0 Å². The molecule has 0 atom stereocenters. The summed E-state index contributed by atoms with van der Waals surface area (Å²) in [4.78, 5) is 0. The fourth-order valence-corrected chi connectivity index (χ4v) is 15.0. The van der Waals surface area contributed by atoms with Crippen molar-refractivity contribution in [1.29, 1.82) is 0 Å². The molecule has 0 nitrogen and oxygen atoms in total. The molecule has 0 bridgehead atoms. The Morgan fingerprint density at radius 3 is 1.13 bits per heavy atom. The van der Waals surface area contributed by atoms with E-state index in [9.17, 15) is 0 Å². The second kappa shape index (κ2) is 10.8.